The highest BCUT2D eigenvalue weighted by atomic mass is 16.5. The largest absolute Gasteiger partial charge is 0.504 e. The third-order valence-electron chi connectivity index (χ3n) is 5.16. The average molecular weight is 368 g/mol. The van der Waals surface area contributed by atoms with Crippen LogP contribution in [-0.4, -0.2) is 42.7 Å². The monoisotopic (exact) mass is 368 g/mol. The highest BCUT2D eigenvalue weighted by Crippen LogP contribution is 2.29. The van der Waals surface area contributed by atoms with Crippen molar-refractivity contribution in [3.63, 3.8) is 0 Å². The number of para-hydroxylation sites is 1. The van der Waals surface area contributed by atoms with Gasteiger partial charge in [0.05, 0.1) is 7.11 Å². The maximum atomic E-state index is 12.7. The molecule has 0 radical (unpaired) electrons. The predicted octanol–water partition coefficient (Wildman–Crippen LogP) is 4.24. The van der Waals surface area contributed by atoms with Crippen molar-refractivity contribution in [3.8, 4) is 11.5 Å². The molecule has 1 atom stereocenters. The van der Waals surface area contributed by atoms with Gasteiger partial charge in [-0.2, -0.15) is 0 Å². The first kappa shape index (κ1) is 19.2. The Morgan fingerprint density at radius 1 is 1.19 bits per heavy atom. The molecule has 0 aliphatic carbocycles. The molecule has 2 aromatic carbocycles. The Morgan fingerprint density at radius 3 is 2.67 bits per heavy atom. The number of likely N-dealkylation sites (tertiary alicyclic amines) is 1. The molecular formula is C22H28N2O3. The number of phenolic OH excluding ortho intramolecular Hbond substituents is 1. The van der Waals surface area contributed by atoms with Crippen LogP contribution in [0.2, 0.25) is 0 Å². The van der Waals surface area contributed by atoms with Crippen molar-refractivity contribution in [1.29, 1.82) is 0 Å². The van der Waals surface area contributed by atoms with Crippen molar-refractivity contribution in [2.75, 3.05) is 32.1 Å². The van der Waals surface area contributed by atoms with Gasteiger partial charge in [0.15, 0.2) is 11.5 Å². The summed E-state index contributed by atoms with van der Waals surface area (Å²) in [6, 6.07) is 12.6. The molecule has 2 N–H and O–H groups in total. The van der Waals surface area contributed by atoms with E-state index in [9.17, 15) is 9.90 Å². The second kappa shape index (κ2) is 8.91. The molecule has 1 saturated heterocycles. The van der Waals surface area contributed by atoms with E-state index in [1.807, 2.05) is 18.2 Å². The fraction of sp³-hybridized carbons (Fsp3) is 0.409. The molecule has 5 nitrogen and oxygen atoms in total. The molecule has 1 aliphatic rings. The summed E-state index contributed by atoms with van der Waals surface area (Å²) in [5, 5.41) is 12.7. The number of anilines is 1. The summed E-state index contributed by atoms with van der Waals surface area (Å²) in [5.74, 6) is 0.416. The van der Waals surface area contributed by atoms with Crippen LogP contribution in [0.25, 0.3) is 0 Å². The quantitative estimate of drug-likeness (QED) is 0.800. The molecule has 0 saturated carbocycles. The Balaban J connectivity index is 1.74. The Labute approximate surface area is 161 Å². The average Bonchev–Trinajstić information content (AvgIpc) is 2.69. The molecule has 5 heteroatoms. The first-order chi connectivity index (χ1) is 13.1. The number of nitrogens with one attached hydrogen (secondary N) is 1. The van der Waals surface area contributed by atoms with E-state index in [4.69, 9.17) is 4.74 Å². The lowest BCUT2D eigenvalue weighted by Gasteiger charge is -2.29. The molecule has 1 amide bonds. The first-order valence-electron chi connectivity index (χ1n) is 9.58. The van der Waals surface area contributed by atoms with Crippen molar-refractivity contribution in [2.24, 2.45) is 0 Å². The maximum Gasteiger partial charge on any atom is 0.255 e. The number of rotatable bonds is 6. The second-order valence-electron chi connectivity index (χ2n) is 7.19. The summed E-state index contributed by atoms with van der Waals surface area (Å²) >= 11 is 0. The SMILES string of the molecule is COc1cc(C(=O)Nc2ccccc2C(C)CN2CCCCC2)ccc1O. The number of ether oxygens (including phenoxy) is 1. The standard InChI is InChI=1S/C22H28N2O3/c1-16(15-24-12-6-3-7-13-24)18-8-4-5-9-19(18)23-22(26)17-10-11-20(25)21(14-17)27-2/h4-5,8-11,14,16,25H,3,6-7,12-13,15H2,1-2H3,(H,23,26). The fourth-order valence-corrected chi connectivity index (χ4v) is 3.68. The van der Waals surface area contributed by atoms with Crippen LogP contribution in [-0.2, 0) is 0 Å². The smallest absolute Gasteiger partial charge is 0.255 e. The molecule has 2 aromatic rings. The van der Waals surface area contributed by atoms with E-state index in [1.165, 1.54) is 32.4 Å². The van der Waals surface area contributed by atoms with E-state index in [-0.39, 0.29) is 17.4 Å². The van der Waals surface area contributed by atoms with Crippen LogP contribution in [0.15, 0.2) is 42.5 Å². The summed E-state index contributed by atoms with van der Waals surface area (Å²) in [6.45, 7) is 5.53. The van der Waals surface area contributed by atoms with Crippen molar-refractivity contribution in [2.45, 2.75) is 32.1 Å². The van der Waals surface area contributed by atoms with Gasteiger partial charge in [-0.25, -0.2) is 0 Å². The summed E-state index contributed by atoms with van der Waals surface area (Å²) in [7, 11) is 1.47. The Kier molecular flexibility index (Phi) is 6.35. The van der Waals surface area contributed by atoms with E-state index in [2.05, 4.69) is 23.2 Å². The van der Waals surface area contributed by atoms with Gasteiger partial charge in [0.1, 0.15) is 0 Å². The van der Waals surface area contributed by atoms with E-state index in [0.717, 1.165) is 30.9 Å². The van der Waals surface area contributed by atoms with Crippen LogP contribution < -0.4 is 10.1 Å². The Morgan fingerprint density at radius 2 is 1.93 bits per heavy atom. The van der Waals surface area contributed by atoms with E-state index in [1.54, 1.807) is 12.1 Å². The topological polar surface area (TPSA) is 61.8 Å². The number of methoxy groups -OCH3 is 1. The van der Waals surface area contributed by atoms with Gasteiger partial charge in [-0.1, -0.05) is 31.5 Å². The third kappa shape index (κ3) is 4.80. The van der Waals surface area contributed by atoms with Gasteiger partial charge in [-0.05, 0) is 61.7 Å². The lowest BCUT2D eigenvalue weighted by atomic mass is 9.97. The van der Waals surface area contributed by atoms with Crippen LogP contribution >= 0.6 is 0 Å². The normalized spacial score (nSPS) is 15.9. The molecule has 27 heavy (non-hydrogen) atoms. The number of phenols is 1. The van der Waals surface area contributed by atoms with Gasteiger partial charge in [-0.15, -0.1) is 0 Å². The van der Waals surface area contributed by atoms with E-state index < -0.39 is 0 Å². The molecule has 3 rings (SSSR count). The van der Waals surface area contributed by atoms with Gasteiger partial charge in [-0.3, -0.25) is 4.79 Å². The van der Waals surface area contributed by atoms with Gasteiger partial charge in [0.25, 0.3) is 5.91 Å². The highest BCUT2D eigenvalue weighted by Gasteiger charge is 2.18. The molecule has 0 bridgehead atoms. The number of carbonyl (C=O) groups is 1. The number of benzene rings is 2. The Hall–Kier alpha value is -2.53. The molecule has 144 valence electrons. The number of hydrogen-bond acceptors (Lipinski definition) is 4. The number of piperidine rings is 1. The zero-order valence-electron chi connectivity index (χ0n) is 16.1. The number of carbonyl (C=O) groups excluding carboxylic acids is 1. The summed E-state index contributed by atoms with van der Waals surface area (Å²) in [6.07, 6.45) is 3.87. The van der Waals surface area contributed by atoms with Gasteiger partial charge >= 0.3 is 0 Å². The highest BCUT2D eigenvalue weighted by molar-refractivity contribution is 6.05. The second-order valence-corrected chi connectivity index (χ2v) is 7.19. The molecule has 0 aromatic heterocycles. The molecule has 1 aliphatic heterocycles. The minimum atomic E-state index is -0.217. The van der Waals surface area contributed by atoms with E-state index in [0.29, 0.717) is 11.5 Å². The van der Waals surface area contributed by atoms with Crippen molar-refractivity contribution < 1.29 is 14.6 Å². The summed E-state index contributed by atoms with van der Waals surface area (Å²) in [5.41, 5.74) is 2.42. The third-order valence-corrected chi connectivity index (χ3v) is 5.16. The number of aromatic hydroxyl groups is 1. The van der Waals surface area contributed by atoms with Crippen LogP contribution in [0.1, 0.15) is 48.0 Å². The lowest BCUT2D eigenvalue weighted by molar-refractivity contribution is 0.102. The van der Waals surface area contributed by atoms with Crippen molar-refractivity contribution in [3.05, 3.63) is 53.6 Å². The molecule has 1 heterocycles. The zero-order valence-corrected chi connectivity index (χ0v) is 16.1. The minimum absolute atomic E-state index is 0.0182. The van der Waals surface area contributed by atoms with Gasteiger partial charge < -0.3 is 20.1 Å². The van der Waals surface area contributed by atoms with Crippen LogP contribution in [0.3, 0.4) is 0 Å². The molecule has 1 unspecified atom stereocenters. The number of amides is 1. The van der Waals surface area contributed by atoms with Gasteiger partial charge in [0, 0.05) is 17.8 Å². The molecule has 1 fully saturated rings. The maximum absolute atomic E-state index is 12.7. The van der Waals surface area contributed by atoms with Crippen molar-refractivity contribution in [1.82, 2.24) is 4.90 Å². The van der Waals surface area contributed by atoms with Gasteiger partial charge in [0.2, 0.25) is 0 Å². The first-order valence-corrected chi connectivity index (χ1v) is 9.58. The summed E-state index contributed by atoms with van der Waals surface area (Å²) < 4.78 is 5.10. The molecule has 0 spiro atoms. The lowest BCUT2D eigenvalue weighted by Crippen LogP contribution is -2.33. The Bertz CT molecular complexity index is 785. The van der Waals surface area contributed by atoms with Crippen LogP contribution in [0, 0.1) is 0 Å². The summed E-state index contributed by atoms with van der Waals surface area (Å²) in [4.78, 5) is 15.2. The zero-order chi connectivity index (χ0) is 19.2. The number of hydrogen-bond donors (Lipinski definition) is 2. The van der Waals surface area contributed by atoms with Crippen molar-refractivity contribution >= 4 is 11.6 Å². The van der Waals surface area contributed by atoms with E-state index >= 15 is 0 Å². The van der Waals surface area contributed by atoms with Crippen LogP contribution in [0.4, 0.5) is 5.69 Å². The molecular weight excluding hydrogens is 340 g/mol. The predicted molar refractivity (Wildman–Crippen MR) is 108 cm³/mol. The number of nitrogens with zero attached hydrogens (tertiary/aromatic N) is 1. The fourth-order valence-electron chi connectivity index (χ4n) is 3.68. The van der Waals surface area contributed by atoms with Crippen LogP contribution in [0.5, 0.6) is 11.5 Å². The minimum Gasteiger partial charge on any atom is -0.504 e.